The Morgan fingerprint density at radius 3 is 2.24 bits per heavy atom. The highest BCUT2D eigenvalue weighted by atomic mass is 31.2. The Bertz CT molecular complexity index is 820. The molecule has 0 saturated heterocycles. The van der Waals surface area contributed by atoms with E-state index in [1.807, 2.05) is 18.2 Å². The summed E-state index contributed by atoms with van der Waals surface area (Å²) in [6.07, 6.45) is 2.37. The molecule has 1 unspecified atom stereocenters. The molecule has 0 aliphatic carbocycles. The zero-order valence-electron chi connectivity index (χ0n) is 20.7. The van der Waals surface area contributed by atoms with E-state index < -0.39 is 25.4 Å². The number of methoxy groups -OCH3 is 1. The molecular formula is C23H38N3O7P. The standard InChI is InChI=1S/C23H38N3O7P/c1-18(2)33-23(29)19(3)25-34(30,17-31-4)26(32-5)21(27)15-11-6-7-12-16-24-22(28)20-13-9-8-10-14-20/h8-10,13-14,18-19H,6-7,11-12,15-17H2,1-5H3,(H,24,28)(H,25,30)/t19-,34?/m0/s1. The topological polar surface area (TPSA) is 123 Å². The number of carbonyl (C=O) groups excluding carboxylic acids is 3. The van der Waals surface area contributed by atoms with Crippen molar-refractivity contribution in [2.75, 3.05) is 27.1 Å². The van der Waals surface area contributed by atoms with Crippen molar-refractivity contribution in [3.8, 4) is 0 Å². The van der Waals surface area contributed by atoms with Gasteiger partial charge in [0.2, 0.25) is 0 Å². The van der Waals surface area contributed by atoms with Gasteiger partial charge in [-0.2, -0.15) is 4.83 Å². The van der Waals surface area contributed by atoms with Gasteiger partial charge in [-0.25, -0.2) is 5.09 Å². The normalized spacial score (nSPS) is 13.7. The molecule has 2 atom stereocenters. The Hall–Kier alpha value is -2.26. The van der Waals surface area contributed by atoms with Crippen LogP contribution in [0.3, 0.4) is 0 Å². The van der Waals surface area contributed by atoms with Gasteiger partial charge in [0.05, 0.1) is 13.2 Å². The zero-order valence-corrected chi connectivity index (χ0v) is 21.6. The molecule has 2 amide bonds. The largest absolute Gasteiger partial charge is 0.462 e. The molecule has 0 radical (unpaired) electrons. The van der Waals surface area contributed by atoms with Crippen molar-refractivity contribution in [1.82, 2.24) is 15.2 Å². The lowest BCUT2D eigenvalue weighted by atomic mass is 10.1. The van der Waals surface area contributed by atoms with E-state index in [-0.39, 0.29) is 24.8 Å². The minimum Gasteiger partial charge on any atom is -0.462 e. The fraction of sp³-hybridized carbons (Fsp3) is 0.609. The van der Waals surface area contributed by atoms with E-state index in [9.17, 15) is 18.9 Å². The Kier molecular flexibility index (Phi) is 13.7. The molecule has 34 heavy (non-hydrogen) atoms. The average Bonchev–Trinajstić information content (AvgIpc) is 2.78. The Labute approximate surface area is 202 Å². The number of benzene rings is 1. The van der Waals surface area contributed by atoms with Crippen LogP contribution in [0.1, 0.15) is 63.2 Å². The van der Waals surface area contributed by atoms with Crippen LogP contribution in [0, 0.1) is 0 Å². The molecule has 11 heteroatoms. The van der Waals surface area contributed by atoms with Gasteiger partial charge in [-0.05, 0) is 45.7 Å². The molecule has 1 aromatic carbocycles. The predicted octanol–water partition coefficient (Wildman–Crippen LogP) is 3.48. The summed E-state index contributed by atoms with van der Waals surface area (Å²) < 4.78 is 23.6. The van der Waals surface area contributed by atoms with Crippen molar-refractivity contribution in [2.45, 2.75) is 65.0 Å². The molecule has 192 valence electrons. The molecule has 1 aromatic rings. The fourth-order valence-corrected chi connectivity index (χ4v) is 5.23. The van der Waals surface area contributed by atoms with Crippen molar-refractivity contribution in [3.63, 3.8) is 0 Å². The number of hydrogen-bond donors (Lipinski definition) is 2. The first-order chi connectivity index (χ1) is 16.1. The Morgan fingerprint density at radius 1 is 1.00 bits per heavy atom. The van der Waals surface area contributed by atoms with Gasteiger partial charge in [0, 0.05) is 25.6 Å². The Balaban J connectivity index is 2.47. The molecule has 0 bridgehead atoms. The molecule has 2 N–H and O–H groups in total. The van der Waals surface area contributed by atoms with Gasteiger partial charge >= 0.3 is 5.97 Å². The van der Waals surface area contributed by atoms with Crippen LogP contribution in [0.25, 0.3) is 0 Å². The number of ether oxygens (including phenoxy) is 2. The summed E-state index contributed by atoms with van der Waals surface area (Å²) in [6.45, 7) is 5.47. The Morgan fingerprint density at radius 2 is 1.65 bits per heavy atom. The highest BCUT2D eigenvalue weighted by Gasteiger charge is 2.38. The number of rotatable bonds is 16. The van der Waals surface area contributed by atoms with Gasteiger partial charge < -0.3 is 14.8 Å². The summed E-state index contributed by atoms with van der Waals surface area (Å²) in [7, 11) is -1.11. The number of nitrogens with one attached hydrogen (secondary N) is 2. The van der Waals surface area contributed by atoms with Crippen LogP contribution in [-0.2, 0) is 28.5 Å². The molecule has 0 aromatic heterocycles. The predicted molar refractivity (Wildman–Crippen MR) is 129 cm³/mol. The second-order valence-electron chi connectivity index (χ2n) is 8.09. The van der Waals surface area contributed by atoms with Crippen molar-refractivity contribution in [3.05, 3.63) is 35.9 Å². The number of carbonyl (C=O) groups is 3. The number of unbranched alkanes of at least 4 members (excludes halogenated alkanes) is 3. The second kappa shape index (κ2) is 15.6. The molecule has 1 rings (SSSR count). The highest BCUT2D eigenvalue weighted by Crippen LogP contribution is 2.46. The second-order valence-corrected chi connectivity index (χ2v) is 10.4. The van der Waals surface area contributed by atoms with E-state index >= 15 is 0 Å². The van der Waals surface area contributed by atoms with Gasteiger partial charge in [0.1, 0.15) is 12.4 Å². The van der Waals surface area contributed by atoms with E-state index in [0.717, 1.165) is 24.1 Å². The number of esters is 1. The van der Waals surface area contributed by atoms with Crippen LogP contribution in [0.5, 0.6) is 0 Å². The van der Waals surface area contributed by atoms with Crippen LogP contribution >= 0.6 is 7.44 Å². The third kappa shape index (κ3) is 10.3. The van der Waals surface area contributed by atoms with Crippen LogP contribution in [0.4, 0.5) is 0 Å². The average molecular weight is 500 g/mol. The van der Waals surface area contributed by atoms with Crippen molar-refractivity contribution < 1.29 is 33.3 Å². The van der Waals surface area contributed by atoms with Crippen molar-refractivity contribution in [1.29, 1.82) is 0 Å². The number of hydrogen-bond acceptors (Lipinski definition) is 7. The molecule has 0 fully saturated rings. The fourth-order valence-electron chi connectivity index (χ4n) is 3.16. The molecule has 0 heterocycles. The zero-order chi connectivity index (χ0) is 25.6. The monoisotopic (exact) mass is 499 g/mol. The van der Waals surface area contributed by atoms with Crippen LogP contribution in [0.2, 0.25) is 0 Å². The SMILES string of the molecule is COCP(=O)(N[C@@H](C)C(=O)OC(C)C)N(OC)C(=O)CCCCCCNC(=O)c1ccccc1. The maximum atomic E-state index is 13.4. The molecule has 10 nitrogen and oxygen atoms in total. The van der Waals surface area contributed by atoms with Crippen LogP contribution < -0.4 is 10.4 Å². The van der Waals surface area contributed by atoms with E-state index in [1.165, 1.54) is 21.1 Å². The minimum absolute atomic E-state index is 0.112. The molecule has 0 aliphatic heterocycles. The highest BCUT2D eigenvalue weighted by molar-refractivity contribution is 7.59. The lowest BCUT2D eigenvalue weighted by Gasteiger charge is -2.31. The van der Waals surface area contributed by atoms with Gasteiger partial charge in [0.15, 0.2) is 0 Å². The minimum atomic E-state index is -3.70. The lowest BCUT2D eigenvalue weighted by Crippen LogP contribution is -2.41. The summed E-state index contributed by atoms with van der Waals surface area (Å²) in [5, 5.41) is 5.54. The maximum absolute atomic E-state index is 13.4. The summed E-state index contributed by atoms with van der Waals surface area (Å²) in [4.78, 5) is 42.8. The van der Waals surface area contributed by atoms with Crippen LogP contribution in [-0.4, -0.2) is 61.9 Å². The lowest BCUT2D eigenvalue weighted by molar-refractivity contribution is -0.154. The molecule has 0 aliphatic rings. The van der Waals surface area contributed by atoms with E-state index in [2.05, 4.69) is 10.4 Å². The van der Waals surface area contributed by atoms with Gasteiger partial charge in [-0.1, -0.05) is 31.0 Å². The summed E-state index contributed by atoms with van der Waals surface area (Å²) in [5.41, 5.74) is 0.619. The smallest absolute Gasteiger partial charge is 0.323 e. The summed E-state index contributed by atoms with van der Waals surface area (Å²) in [6, 6.07) is 8.07. The van der Waals surface area contributed by atoms with E-state index in [1.54, 1.807) is 26.0 Å². The molecular weight excluding hydrogens is 461 g/mol. The number of amides is 2. The number of hydroxylamine groups is 1. The van der Waals surface area contributed by atoms with Gasteiger partial charge in [-0.3, -0.25) is 23.8 Å². The molecule has 0 saturated carbocycles. The van der Waals surface area contributed by atoms with E-state index in [4.69, 9.17) is 14.3 Å². The van der Waals surface area contributed by atoms with E-state index in [0.29, 0.717) is 18.5 Å². The third-order valence-electron chi connectivity index (χ3n) is 4.72. The van der Waals surface area contributed by atoms with Crippen molar-refractivity contribution >= 4 is 25.2 Å². The summed E-state index contributed by atoms with van der Waals surface area (Å²) >= 11 is 0. The number of nitrogens with zero attached hydrogens (tertiary/aromatic N) is 1. The first-order valence-electron chi connectivity index (χ1n) is 11.4. The van der Waals surface area contributed by atoms with Crippen molar-refractivity contribution in [2.24, 2.45) is 0 Å². The molecule has 0 spiro atoms. The summed E-state index contributed by atoms with van der Waals surface area (Å²) in [5.74, 6) is -1.18. The maximum Gasteiger partial charge on any atom is 0.323 e. The van der Waals surface area contributed by atoms with Crippen LogP contribution in [0.15, 0.2) is 30.3 Å². The first kappa shape index (κ1) is 29.8. The third-order valence-corrected chi connectivity index (χ3v) is 7.10. The quantitative estimate of drug-likeness (QED) is 0.153. The van der Waals surface area contributed by atoms with Gasteiger partial charge in [-0.15, -0.1) is 0 Å². The van der Waals surface area contributed by atoms with Gasteiger partial charge in [0.25, 0.3) is 19.3 Å². The first-order valence-corrected chi connectivity index (χ1v) is 13.3.